The number of rotatable bonds is 6. The Morgan fingerprint density at radius 1 is 1.12 bits per heavy atom. The molecule has 0 radical (unpaired) electrons. The molecule has 0 bridgehead atoms. The number of hydrogen-bond donors (Lipinski definition) is 2. The van der Waals surface area contributed by atoms with Gasteiger partial charge in [0.1, 0.15) is 10.6 Å². The van der Waals surface area contributed by atoms with E-state index in [0.29, 0.717) is 45.4 Å². The van der Waals surface area contributed by atoms with Crippen LogP contribution < -0.4 is 11.1 Å². The molecule has 1 aromatic rings. The minimum Gasteiger partial charge on any atom is -0.450 e. The highest BCUT2D eigenvalue weighted by atomic mass is 32.2. The zero-order chi connectivity index (χ0) is 23.5. The smallest absolute Gasteiger partial charge is 0.409 e. The predicted molar refractivity (Wildman–Crippen MR) is 115 cm³/mol. The van der Waals surface area contributed by atoms with Gasteiger partial charge < -0.3 is 25.3 Å². The summed E-state index contributed by atoms with van der Waals surface area (Å²) in [6.45, 7) is 3.61. The monoisotopic (exact) mass is 469 g/mol. The fourth-order valence-electron chi connectivity index (χ4n) is 4.17. The van der Waals surface area contributed by atoms with Crippen molar-refractivity contribution in [1.82, 2.24) is 19.1 Å². The van der Waals surface area contributed by atoms with E-state index < -0.39 is 15.9 Å². The van der Waals surface area contributed by atoms with Crippen LogP contribution in [0.15, 0.2) is 17.2 Å². The number of likely N-dealkylation sites (tertiary alicyclic amines) is 1. The number of nitrogens with one attached hydrogen (secondary N) is 1. The predicted octanol–water partition coefficient (Wildman–Crippen LogP) is 0.262. The molecule has 11 nitrogen and oxygen atoms in total. The lowest BCUT2D eigenvalue weighted by Crippen LogP contribution is -2.49. The van der Waals surface area contributed by atoms with Gasteiger partial charge in [0, 0.05) is 51.4 Å². The van der Waals surface area contributed by atoms with E-state index in [1.165, 1.54) is 21.1 Å². The van der Waals surface area contributed by atoms with Crippen LogP contribution in [0, 0.1) is 5.92 Å². The molecule has 0 atom stereocenters. The number of nitrogens with two attached hydrogens (primary N) is 1. The first-order valence-electron chi connectivity index (χ1n) is 10.8. The Morgan fingerprint density at radius 2 is 1.75 bits per heavy atom. The Hall–Kier alpha value is -2.60. The second-order valence-corrected chi connectivity index (χ2v) is 10.1. The molecule has 0 unspecified atom stereocenters. The van der Waals surface area contributed by atoms with E-state index in [0.717, 1.165) is 0 Å². The van der Waals surface area contributed by atoms with Crippen molar-refractivity contribution in [3.05, 3.63) is 18.0 Å². The second kappa shape index (κ2) is 9.90. The normalized spacial score (nSPS) is 19.0. The summed E-state index contributed by atoms with van der Waals surface area (Å²) >= 11 is 0. The molecule has 2 aliphatic rings. The highest BCUT2D eigenvalue weighted by Gasteiger charge is 2.34. The molecule has 0 aromatic carbocycles. The molecule has 2 aliphatic heterocycles. The number of ether oxygens (including phenoxy) is 1. The van der Waals surface area contributed by atoms with Crippen LogP contribution in [0.25, 0.3) is 0 Å². The van der Waals surface area contributed by atoms with E-state index in [1.54, 1.807) is 18.9 Å². The quantitative estimate of drug-likeness (QED) is 0.612. The SMILES string of the molecule is CCOC(=O)N1CCC(NC(=O)C2CCN(S(=O)(=O)c3cc(C(N)=O)n(C)c3)CC2)CC1. The van der Waals surface area contributed by atoms with E-state index in [-0.39, 0.29) is 47.6 Å². The maximum atomic E-state index is 12.9. The molecule has 0 saturated carbocycles. The molecular weight excluding hydrogens is 438 g/mol. The van der Waals surface area contributed by atoms with Gasteiger partial charge in [0.2, 0.25) is 15.9 Å². The third kappa shape index (κ3) is 5.23. The fourth-order valence-corrected chi connectivity index (χ4v) is 5.71. The topological polar surface area (TPSA) is 144 Å². The molecule has 2 saturated heterocycles. The van der Waals surface area contributed by atoms with Gasteiger partial charge in [-0.3, -0.25) is 9.59 Å². The summed E-state index contributed by atoms with van der Waals surface area (Å²) in [4.78, 5) is 37.6. The number of carbonyl (C=O) groups excluding carboxylic acids is 3. The first kappa shape index (κ1) is 24.1. The zero-order valence-electron chi connectivity index (χ0n) is 18.5. The van der Waals surface area contributed by atoms with E-state index in [4.69, 9.17) is 10.5 Å². The van der Waals surface area contributed by atoms with Gasteiger partial charge in [-0.1, -0.05) is 0 Å². The number of amides is 3. The Bertz CT molecular complexity index is 959. The van der Waals surface area contributed by atoms with Gasteiger partial charge in [0.05, 0.1) is 6.61 Å². The first-order valence-corrected chi connectivity index (χ1v) is 12.3. The van der Waals surface area contributed by atoms with Crippen molar-refractivity contribution in [3.8, 4) is 0 Å². The highest BCUT2D eigenvalue weighted by Crippen LogP contribution is 2.25. The number of piperidine rings is 2. The van der Waals surface area contributed by atoms with Crippen molar-refractivity contribution < 1.29 is 27.5 Å². The Labute approximate surface area is 187 Å². The summed E-state index contributed by atoms with van der Waals surface area (Å²) in [6.07, 6.45) is 3.20. The van der Waals surface area contributed by atoms with Gasteiger partial charge in [-0.05, 0) is 38.7 Å². The maximum Gasteiger partial charge on any atom is 0.409 e. The van der Waals surface area contributed by atoms with Gasteiger partial charge in [0.15, 0.2) is 0 Å². The summed E-state index contributed by atoms with van der Waals surface area (Å²) in [7, 11) is -2.21. The third-order valence-corrected chi connectivity index (χ3v) is 7.93. The summed E-state index contributed by atoms with van der Waals surface area (Å²) in [5.41, 5.74) is 5.39. The molecule has 0 spiro atoms. The minimum absolute atomic E-state index is 0.00789. The molecule has 2 fully saturated rings. The van der Waals surface area contributed by atoms with Crippen LogP contribution in [0.3, 0.4) is 0 Å². The van der Waals surface area contributed by atoms with Crippen LogP contribution in [-0.4, -0.2) is 78.9 Å². The summed E-state index contributed by atoms with van der Waals surface area (Å²) < 4.78 is 33.6. The summed E-state index contributed by atoms with van der Waals surface area (Å²) in [6, 6.07) is 1.27. The van der Waals surface area contributed by atoms with Crippen LogP contribution >= 0.6 is 0 Å². The average molecular weight is 470 g/mol. The van der Waals surface area contributed by atoms with Crippen molar-refractivity contribution in [2.24, 2.45) is 18.7 Å². The maximum absolute atomic E-state index is 12.9. The number of aromatic nitrogens is 1. The van der Waals surface area contributed by atoms with E-state index in [2.05, 4.69) is 5.32 Å². The molecule has 3 rings (SSSR count). The van der Waals surface area contributed by atoms with Crippen LogP contribution in [0.4, 0.5) is 4.79 Å². The van der Waals surface area contributed by atoms with Crippen LogP contribution in [-0.2, 0) is 26.6 Å². The third-order valence-electron chi connectivity index (χ3n) is 6.06. The minimum atomic E-state index is -3.77. The molecule has 3 N–H and O–H groups in total. The van der Waals surface area contributed by atoms with Gasteiger partial charge in [-0.15, -0.1) is 0 Å². The Kier molecular flexibility index (Phi) is 7.44. The average Bonchev–Trinajstić information content (AvgIpc) is 3.17. The number of aryl methyl sites for hydroxylation is 1. The van der Waals surface area contributed by atoms with Crippen molar-refractivity contribution in [2.75, 3.05) is 32.8 Å². The molecule has 3 heterocycles. The lowest BCUT2D eigenvalue weighted by Gasteiger charge is -2.34. The molecule has 32 heavy (non-hydrogen) atoms. The highest BCUT2D eigenvalue weighted by molar-refractivity contribution is 7.89. The lowest BCUT2D eigenvalue weighted by atomic mass is 9.96. The molecule has 3 amide bonds. The molecule has 178 valence electrons. The van der Waals surface area contributed by atoms with Crippen LogP contribution in [0.5, 0.6) is 0 Å². The van der Waals surface area contributed by atoms with Crippen LogP contribution in [0.2, 0.25) is 0 Å². The number of nitrogens with zero attached hydrogens (tertiary/aromatic N) is 3. The zero-order valence-corrected chi connectivity index (χ0v) is 19.3. The Balaban J connectivity index is 1.50. The molecule has 0 aliphatic carbocycles. The number of primary amides is 1. The number of sulfonamides is 1. The summed E-state index contributed by atoms with van der Waals surface area (Å²) in [5, 5.41) is 3.05. The van der Waals surface area contributed by atoms with E-state index in [1.807, 2.05) is 0 Å². The Morgan fingerprint density at radius 3 is 2.28 bits per heavy atom. The number of hydrogen-bond acceptors (Lipinski definition) is 6. The van der Waals surface area contributed by atoms with E-state index in [9.17, 15) is 22.8 Å². The van der Waals surface area contributed by atoms with Crippen molar-refractivity contribution in [3.63, 3.8) is 0 Å². The van der Waals surface area contributed by atoms with Gasteiger partial charge in [-0.2, -0.15) is 4.31 Å². The second-order valence-electron chi connectivity index (χ2n) is 8.18. The van der Waals surface area contributed by atoms with Crippen molar-refractivity contribution in [2.45, 2.75) is 43.5 Å². The van der Waals surface area contributed by atoms with Crippen molar-refractivity contribution >= 4 is 27.9 Å². The van der Waals surface area contributed by atoms with Gasteiger partial charge >= 0.3 is 6.09 Å². The van der Waals surface area contributed by atoms with Crippen molar-refractivity contribution in [1.29, 1.82) is 0 Å². The largest absolute Gasteiger partial charge is 0.450 e. The molecule has 1 aromatic heterocycles. The standard InChI is InChI=1S/C20H31N5O6S/c1-3-31-20(28)24-8-6-15(7-9-24)22-19(27)14-4-10-25(11-5-14)32(29,30)16-12-17(18(21)26)23(2)13-16/h12-15H,3-11H2,1-2H3,(H2,21,26)(H,22,27). The fraction of sp³-hybridized carbons (Fsp3) is 0.650. The number of carbonyl (C=O) groups is 3. The first-order chi connectivity index (χ1) is 15.1. The van der Waals surface area contributed by atoms with Crippen LogP contribution in [0.1, 0.15) is 43.1 Å². The van der Waals surface area contributed by atoms with Gasteiger partial charge in [-0.25, -0.2) is 13.2 Å². The molecular formula is C20H31N5O6S. The summed E-state index contributed by atoms with van der Waals surface area (Å²) in [5.74, 6) is -1.04. The molecule has 12 heteroatoms. The lowest BCUT2D eigenvalue weighted by molar-refractivity contribution is -0.127. The van der Waals surface area contributed by atoms with E-state index >= 15 is 0 Å². The van der Waals surface area contributed by atoms with Gasteiger partial charge in [0.25, 0.3) is 5.91 Å².